The molecule has 6 heteroatoms. The molecule has 0 saturated heterocycles. The Bertz CT molecular complexity index is 569. The summed E-state index contributed by atoms with van der Waals surface area (Å²) in [6.07, 6.45) is -0.170. The zero-order valence-corrected chi connectivity index (χ0v) is 13.3. The fraction of sp³-hybridized carbons (Fsp3) is 0.444. The molecule has 0 spiro atoms. The molecule has 0 heterocycles. The number of alkyl halides is 3. The summed E-state index contributed by atoms with van der Waals surface area (Å²) in [4.78, 5) is 0. The topological polar surface area (TPSA) is 58.3 Å². The van der Waals surface area contributed by atoms with Crippen molar-refractivity contribution in [1.29, 1.82) is 0 Å². The molecule has 0 bridgehead atoms. The molecule has 0 saturated carbocycles. The van der Waals surface area contributed by atoms with Gasteiger partial charge in [0.15, 0.2) is 0 Å². The van der Waals surface area contributed by atoms with Gasteiger partial charge in [-0.25, -0.2) is 0 Å². The third-order valence-corrected chi connectivity index (χ3v) is 4.09. The Kier molecular flexibility index (Phi) is 6.60. The van der Waals surface area contributed by atoms with E-state index in [9.17, 15) is 18.3 Å². The second-order valence-corrected chi connectivity index (χ2v) is 6.11. The fourth-order valence-electron chi connectivity index (χ4n) is 2.65. The van der Waals surface area contributed by atoms with Crippen LogP contribution in [0.25, 0.3) is 0 Å². The Labute approximate surface area is 140 Å². The molecule has 0 aromatic heterocycles. The molecule has 1 aromatic rings. The highest BCUT2D eigenvalue weighted by Gasteiger charge is 2.38. The summed E-state index contributed by atoms with van der Waals surface area (Å²) in [5.41, 5.74) is 7.69. The first-order chi connectivity index (χ1) is 11.4. The van der Waals surface area contributed by atoms with Crippen LogP contribution in [0.15, 0.2) is 54.1 Å². The number of rotatable bonds is 7. The number of benzene rings is 1. The van der Waals surface area contributed by atoms with Crippen molar-refractivity contribution in [1.82, 2.24) is 5.32 Å². The first-order valence-corrected chi connectivity index (χ1v) is 7.97. The van der Waals surface area contributed by atoms with E-state index in [-0.39, 0.29) is 13.0 Å². The van der Waals surface area contributed by atoms with E-state index < -0.39 is 24.2 Å². The van der Waals surface area contributed by atoms with Crippen molar-refractivity contribution in [2.24, 2.45) is 11.7 Å². The molecule has 0 aliphatic heterocycles. The van der Waals surface area contributed by atoms with Crippen molar-refractivity contribution in [3.8, 4) is 0 Å². The minimum Gasteiger partial charge on any atom is -0.390 e. The molecule has 0 amide bonds. The molecule has 0 fully saturated rings. The van der Waals surface area contributed by atoms with Gasteiger partial charge in [0.05, 0.1) is 12.0 Å². The highest BCUT2D eigenvalue weighted by atomic mass is 19.4. The van der Waals surface area contributed by atoms with Crippen LogP contribution in [0.2, 0.25) is 0 Å². The largest absolute Gasteiger partial charge is 0.395 e. The van der Waals surface area contributed by atoms with Gasteiger partial charge >= 0.3 is 6.18 Å². The molecule has 3 nitrogen and oxygen atoms in total. The molecule has 132 valence electrons. The van der Waals surface area contributed by atoms with Crippen molar-refractivity contribution in [2.75, 3.05) is 13.1 Å². The molecule has 1 aromatic carbocycles. The summed E-state index contributed by atoms with van der Waals surface area (Å²) < 4.78 is 38.2. The number of nitrogens with two attached hydrogens (primary N) is 1. The van der Waals surface area contributed by atoms with Crippen LogP contribution in [-0.4, -0.2) is 36.5 Å². The van der Waals surface area contributed by atoms with Crippen LogP contribution in [0, 0.1) is 5.92 Å². The lowest BCUT2D eigenvalue weighted by Gasteiger charge is -2.23. The fourth-order valence-corrected chi connectivity index (χ4v) is 2.65. The summed E-state index contributed by atoms with van der Waals surface area (Å²) in [6, 6.07) is 9.18. The highest BCUT2D eigenvalue weighted by molar-refractivity contribution is 5.22. The molecule has 0 radical (unpaired) electrons. The molecule has 4 N–H and O–H groups in total. The Morgan fingerprint density at radius 3 is 2.62 bits per heavy atom. The van der Waals surface area contributed by atoms with Crippen LogP contribution < -0.4 is 11.1 Å². The standard InChI is InChI=1S/C18H23F3N2O/c19-18(20,21)15-8-4-7-14(9-15)11-23-12-17(24)16(22)10-13-5-2-1-3-6-13/h1-8,15-17,23-24H,9-12,22H2. The van der Waals surface area contributed by atoms with Gasteiger partial charge in [0, 0.05) is 19.1 Å². The first kappa shape index (κ1) is 18.7. The normalized spacial score (nSPS) is 20.5. The molecule has 24 heavy (non-hydrogen) atoms. The second-order valence-electron chi connectivity index (χ2n) is 6.11. The number of nitrogens with one attached hydrogen (secondary N) is 1. The Balaban J connectivity index is 1.73. The van der Waals surface area contributed by atoms with E-state index in [4.69, 9.17) is 5.73 Å². The lowest BCUT2D eigenvalue weighted by molar-refractivity contribution is -0.160. The minimum atomic E-state index is -4.21. The molecule has 2 rings (SSSR count). The van der Waals surface area contributed by atoms with E-state index in [1.807, 2.05) is 30.3 Å². The maximum atomic E-state index is 12.7. The van der Waals surface area contributed by atoms with Crippen LogP contribution in [0.5, 0.6) is 0 Å². The van der Waals surface area contributed by atoms with Crippen LogP contribution in [0.1, 0.15) is 12.0 Å². The van der Waals surface area contributed by atoms with Gasteiger partial charge < -0.3 is 16.2 Å². The summed E-state index contributed by atoms with van der Waals surface area (Å²) >= 11 is 0. The van der Waals surface area contributed by atoms with Crippen molar-refractivity contribution in [2.45, 2.75) is 31.2 Å². The van der Waals surface area contributed by atoms with Gasteiger partial charge in [-0.1, -0.05) is 54.1 Å². The molecule has 3 atom stereocenters. The monoisotopic (exact) mass is 340 g/mol. The Hall–Kier alpha value is -1.63. The SMILES string of the molecule is NC(Cc1ccccc1)C(O)CNCC1=CC=CC(C(F)(F)F)C1. The quantitative estimate of drug-likeness (QED) is 0.715. The summed E-state index contributed by atoms with van der Waals surface area (Å²) in [6.45, 7) is 0.553. The average Bonchev–Trinajstić information content (AvgIpc) is 2.55. The van der Waals surface area contributed by atoms with E-state index in [1.54, 1.807) is 6.08 Å². The molecular formula is C18H23F3N2O. The van der Waals surface area contributed by atoms with Gasteiger partial charge in [0.2, 0.25) is 0 Å². The number of allylic oxidation sites excluding steroid dienone is 3. The van der Waals surface area contributed by atoms with Crippen molar-refractivity contribution in [3.63, 3.8) is 0 Å². The van der Waals surface area contributed by atoms with E-state index >= 15 is 0 Å². The predicted molar refractivity (Wildman–Crippen MR) is 88.4 cm³/mol. The van der Waals surface area contributed by atoms with Gasteiger partial charge in [-0.15, -0.1) is 0 Å². The van der Waals surface area contributed by atoms with Crippen LogP contribution in [-0.2, 0) is 6.42 Å². The number of hydrogen-bond acceptors (Lipinski definition) is 3. The molecule has 1 aliphatic carbocycles. The van der Waals surface area contributed by atoms with Crippen molar-refractivity contribution in [3.05, 3.63) is 59.7 Å². The van der Waals surface area contributed by atoms with Crippen LogP contribution >= 0.6 is 0 Å². The zero-order valence-electron chi connectivity index (χ0n) is 13.3. The second kappa shape index (κ2) is 8.46. The minimum absolute atomic E-state index is 0.0425. The molecule has 3 unspecified atom stereocenters. The lowest BCUT2D eigenvalue weighted by Crippen LogP contribution is -2.43. The third kappa shape index (κ3) is 5.78. The molecule has 1 aliphatic rings. The van der Waals surface area contributed by atoms with E-state index in [0.717, 1.165) is 5.56 Å². The summed E-state index contributed by atoms with van der Waals surface area (Å²) in [5.74, 6) is -1.43. The highest BCUT2D eigenvalue weighted by Crippen LogP contribution is 2.34. The molecular weight excluding hydrogens is 317 g/mol. The third-order valence-electron chi connectivity index (χ3n) is 4.09. The van der Waals surface area contributed by atoms with Crippen LogP contribution in [0.4, 0.5) is 13.2 Å². The first-order valence-electron chi connectivity index (χ1n) is 7.97. The van der Waals surface area contributed by atoms with Gasteiger partial charge in [0.1, 0.15) is 0 Å². The van der Waals surface area contributed by atoms with E-state index in [2.05, 4.69) is 5.32 Å². The van der Waals surface area contributed by atoms with E-state index in [1.165, 1.54) is 12.2 Å². The number of halogens is 3. The van der Waals surface area contributed by atoms with Gasteiger partial charge in [0.25, 0.3) is 0 Å². The van der Waals surface area contributed by atoms with Crippen molar-refractivity contribution < 1.29 is 18.3 Å². The zero-order chi connectivity index (χ0) is 17.6. The average molecular weight is 340 g/mol. The maximum absolute atomic E-state index is 12.7. The Morgan fingerprint density at radius 1 is 1.25 bits per heavy atom. The van der Waals surface area contributed by atoms with Gasteiger partial charge in [-0.05, 0) is 18.4 Å². The number of aliphatic hydroxyl groups excluding tert-OH is 1. The van der Waals surface area contributed by atoms with Gasteiger partial charge in [-0.2, -0.15) is 13.2 Å². The maximum Gasteiger partial charge on any atom is 0.395 e. The van der Waals surface area contributed by atoms with Gasteiger partial charge in [-0.3, -0.25) is 0 Å². The predicted octanol–water partition coefficient (Wildman–Crippen LogP) is 2.57. The van der Waals surface area contributed by atoms with Crippen molar-refractivity contribution >= 4 is 0 Å². The van der Waals surface area contributed by atoms with E-state index in [0.29, 0.717) is 18.5 Å². The summed E-state index contributed by atoms with van der Waals surface area (Å²) in [5, 5.41) is 13.1. The number of aliphatic hydroxyl groups is 1. The smallest absolute Gasteiger partial charge is 0.390 e. The summed E-state index contributed by atoms with van der Waals surface area (Å²) in [7, 11) is 0. The lowest BCUT2D eigenvalue weighted by atomic mass is 9.93. The Morgan fingerprint density at radius 2 is 1.96 bits per heavy atom. The van der Waals surface area contributed by atoms with Crippen LogP contribution in [0.3, 0.4) is 0 Å². The number of hydrogen-bond donors (Lipinski definition) is 3.